The van der Waals surface area contributed by atoms with Crippen molar-refractivity contribution < 1.29 is 4.74 Å². The van der Waals surface area contributed by atoms with E-state index in [1.165, 1.54) is 5.56 Å². The summed E-state index contributed by atoms with van der Waals surface area (Å²) in [5.74, 6) is 0.596. The zero-order valence-corrected chi connectivity index (χ0v) is 10.7. The molecule has 2 rings (SSSR count). The van der Waals surface area contributed by atoms with Gasteiger partial charge < -0.3 is 10.5 Å². The predicted molar refractivity (Wildman–Crippen MR) is 66.5 cm³/mol. The summed E-state index contributed by atoms with van der Waals surface area (Å²) in [6, 6.07) is 0.318. The topological polar surface area (TPSA) is 56.3 Å². The SMILES string of the molecule is COCCn1cc(CN2CC(C)C(N)C2)cn1. The first kappa shape index (κ1) is 12.5. The van der Waals surface area contributed by atoms with E-state index in [2.05, 4.69) is 23.1 Å². The Labute approximate surface area is 103 Å². The molecule has 17 heavy (non-hydrogen) atoms. The van der Waals surface area contributed by atoms with Crippen molar-refractivity contribution in [2.24, 2.45) is 11.7 Å². The quantitative estimate of drug-likeness (QED) is 0.802. The van der Waals surface area contributed by atoms with Gasteiger partial charge in [0.25, 0.3) is 0 Å². The van der Waals surface area contributed by atoms with Crippen molar-refractivity contribution in [2.45, 2.75) is 26.1 Å². The monoisotopic (exact) mass is 238 g/mol. The first-order valence-corrected chi connectivity index (χ1v) is 6.17. The number of likely N-dealkylation sites (tertiary alicyclic amines) is 1. The lowest BCUT2D eigenvalue weighted by atomic mass is 10.1. The van der Waals surface area contributed by atoms with Crippen LogP contribution in [0.2, 0.25) is 0 Å². The minimum atomic E-state index is 0.318. The second-order valence-electron chi connectivity index (χ2n) is 4.94. The number of methoxy groups -OCH3 is 1. The molecular formula is C12H22N4O. The zero-order valence-electron chi connectivity index (χ0n) is 10.7. The number of hydrogen-bond donors (Lipinski definition) is 1. The van der Waals surface area contributed by atoms with Crippen LogP contribution >= 0.6 is 0 Å². The molecule has 0 saturated carbocycles. The van der Waals surface area contributed by atoms with Crippen molar-refractivity contribution >= 4 is 0 Å². The average molecular weight is 238 g/mol. The second kappa shape index (κ2) is 5.62. The molecule has 1 aliphatic rings. The third-order valence-electron chi connectivity index (χ3n) is 3.36. The van der Waals surface area contributed by atoms with Crippen molar-refractivity contribution in [3.63, 3.8) is 0 Å². The fourth-order valence-electron chi connectivity index (χ4n) is 2.28. The fraction of sp³-hybridized carbons (Fsp3) is 0.750. The number of rotatable bonds is 5. The molecule has 0 bridgehead atoms. The largest absolute Gasteiger partial charge is 0.383 e. The Balaban J connectivity index is 1.85. The summed E-state index contributed by atoms with van der Waals surface area (Å²) in [4.78, 5) is 2.40. The summed E-state index contributed by atoms with van der Waals surface area (Å²) in [7, 11) is 1.71. The van der Waals surface area contributed by atoms with Gasteiger partial charge in [0.2, 0.25) is 0 Å². The summed E-state index contributed by atoms with van der Waals surface area (Å²) < 4.78 is 6.96. The molecule has 1 aromatic rings. The lowest BCUT2D eigenvalue weighted by Gasteiger charge is -2.13. The van der Waals surface area contributed by atoms with Crippen molar-refractivity contribution in [3.8, 4) is 0 Å². The maximum absolute atomic E-state index is 6.01. The number of aromatic nitrogens is 2. The van der Waals surface area contributed by atoms with Crippen molar-refractivity contribution in [2.75, 3.05) is 26.8 Å². The molecule has 0 spiro atoms. The molecule has 96 valence electrons. The molecule has 0 aliphatic carbocycles. The second-order valence-corrected chi connectivity index (χ2v) is 4.94. The molecule has 2 unspecified atom stereocenters. The van der Waals surface area contributed by atoms with Crippen LogP contribution in [-0.2, 0) is 17.8 Å². The van der Waals surface area contributed by atoms with Crippen LogP contribution in [0.15, 0.2) is 12.4 Å². The fourth-order valence-corrected chi connectivity index (χ4v) is 2.28. The molecule has 2 atom stereocenters. The van der Waals surface area contributed by atoms with Crippen molar-refractivity contribution in [1.82, 2.24) is 14.7 Å². The molecule has 1 saturated heterocycles. The Morgan fingerprint density at radius 1 is 1.53 bits per heavy atom. The first-order valence-electron chi connectivity index (χ1n) is 6.17. The number of nitrogens with zero attached hydrogens (tertiary/aromatic N) is 3. The van der Waals surface area contributed by atoms with E-state index in [9.17, 15) is 0 Å². The van der Waals surface area contributed by atoms with Crippen LogP contribution in [0.1, 0.15) is 12.5 Å². The maximum Gasteiger partial charge on any atom is 0.0658 e. The van der Waals surface area contributed by atoms with Gasteiger partial charge in [-0.1, -0.05) is 6.92 Å². The van der Waals surface area contributed by atoms with E-state index < -0.39 is 0 Å². The van der Waals surface area contributed by atoms with E-state index in [4.69, 9.17) is 10.5 Å². The van der Waals surface area contributed by atoms with E-state index in [0.717, 1.165) is 26.2 Å². The number of ether oxygens (including phenoxy) is 1. The summed E-state index contributed by atoms with van der Waals surface area (Å²) in [6.07, 6.45) is 4.03. The van der Waals surface area contributed by atoms with Gasteiger partial charge in [0.1, 0.15) is 0 Å². The van der Waals surface area contributed by atoms with Crippen LogP contribution in [-0.4, -0.2) is 47.5 Å². The molecule has 1 fully saturated rings. The van der Waals surface area contributed by atoms with E-state index in [0.29, 0.717) is 18.6 Å². The lowest BCUT2D eigenvalue weighted by Crippen LogP contribution is -2.28. The third-order valence-corrected chi connectivity index (χ3v) is 3.36. The van der Waals surface area contributed by atoms with E-state index in [1.54, 1.807) is 7.11 Å². The van der Waals surface area contributed by atoms with Crippen LogP contribution < -0.4 is 5.73 Å². The molecular weight excluding hydrogens is 216 g/mol. The van der Waals surface area contributed by atoms with Crippen LogP contribution in [0.4, 0.5) is 0 Å². The van der Waals surface area contributed by atoms with Gasteiger partial charge in [-0.3, -0.25) is 9.58 Å². The van der Waals surface area contributed by atoms with Crippen LogP contribution in [0, 0.1) is 5.92 Å². The Morgan fingerprint density at radius 2 is 2.35 bits per heavy atom. The van der Waals surface area contributed by atoms with E-state index >= 15 is 0 Å². The van der Waals surface area contributed by atoms with E-state index in [-0.39, 0.29) is 0 Å². The highest BCUT2D eigenvalue weighted by Crippen LogP contribution is 2.16. The molecule has 5 nitrogen and oxygen atoms in total. The summed E-state index contributed by atoms with van der Waals surface area (Å²) in [5.41, 5.74) is 7.27. The minimum Gasteiger partial charge on any atom is -0.383 e. The molecule has 2 heterocycles. The van der Waals surface area contributed by atoms with Gasteiger partial charge >= 0.3 is 0 Å². The normalized spacial score (nSPS) is 25.6. The predicted octanol–water partition coefficient (Wildman–Crippen LogP) is 0.309. The van der Waals surface area contributed by atoms with Crippen LogP contribution in [0.25, 0.3) is 0 Å². The van der Waals surface area contributed by atoms with Crippen molar-refractivity contribution in [3.05, 3.63) is 18.0 Å². The molecule has 1 aromatic heterocycles. The van der Waals surface area contributed by atoms with Gasteiger partial charge in [-0.2, -0.15) is 5.10 Å². The first-order chi connectivity index (χ1) is 8.19. The van der Waals surface area contributed by atoms with Gasteiger partial charge in [0, 0.05) is 44.5 Å². The van der Waals surface area contributed by atoms with Gasteiger partial charge in [-0.05, 0) is 5.92 Å². The lowest BCUT2D eigenvalue weighted by molar-refractivity contribution is 0.183. The molecule has 0 amide bonds. The molecule has 0 aromatic carbocycles. The van der Waals surface area contributed by atoms with Crippen molar-refractivity contribution in [1.29, 1.82) is 0 Å². The highest BCUT2D eigenvalue weighted by molar-refractivity contribution is 5.04. The standard InChI is InChI=1S/C12H22N4O/c1-10-6-15(9-12(10)13)7-11-5-14-16(8-11)3-4-17-2/h5,8,10,12H,3-4,6-7,9,13H2,1-2H3. The Kier molecular flexibility index (Phi) is 4.15. The molecule has 2 N–H and O–H groups in total. The Morgan fingerprint density at radius 3 is 3.00 bits per heavy atom. The zero-order chi connectivity index (χ0) is 12.3. The number of nitrogens with two attached hydrogens (primary N) is 1. The molecule has 1 aliphatic heterocycles. The average Bonchev–Trinajstić information content (AvgIpc) is 2.85. The maximum atomic E-state index is 6.01. The highest BCUT2D eigenvalue weighted by atomic mass is 16.5. The van der Waals surface area contributed by atoms with Gasteiger partial charge in [0.15, 0.2) is 0 Å². The van der Waals surface area contributed by atoms with Crippen LogP contribution in [0.3, 0.4) is 0 Å². The Hall–Kier alpha value is -0.910. The van der Waals surface area contributed by atoms with Gasteiger partial charge in [-0.25, -0.2) is 0 Å². The summed E-state index contributed by atoms with van der Waals surface area (Å²) in [6.45, 7) is 6.76. The van der Waals surface area contributed by atoms with Gasteiger partial charge in [0.05, 0.1) is 19.3 Å². The Bertz CT molecular complexity index is 342. The number of hydrogen-bond acceptors (Lipinski definition) is 4. The van der Waals surface area contributed by atoms with Crippen LogP contribution in [0.5, 0.6) is 0 Å². The minimum absolute atomic E-state index is 0.318. The smallest absolute Gasteiger partial charge is 0.0658 e. The van der Waals surface area contributed by atoms with E-state index in [1.807, 2.05) is 10.9 Å². The summed E-state index contributed by atoms with van der Waals surface area (Å²) in [5, 5.41) is 4.31. The molecule has 0 radical (unpaired) electrons. The summed E-state index contributed by atoms with van der Waals surface area (Å²) >= 11 is 0. The molecule has 5 heteroatoms. The van der Waals surface area contributed by atoms with Gasteiger partial charge in [-0.15, -0.1) is 0 Å². The third kappa shape index (κ3) is 3.28. The highest BCUT2D eigenvalue weighted by Gasteiger charge is 2.26.